The Balaban J connectivity index is 1.93. The lowest BCUT2D eigenvalue weighted by Crippen LogP contribution is -2.51. The molecule has 0 aromatic carbocycles. The molecule has 2 heteroatoms. The Kier molecular flexibility index (Phi) is 3.16. The summed E-state index contributed by atoms with van der Waals surface area (Å²) in [6.45, 7) is 8.74. The maximum absolute atomic E-state index is 5.52. The molecule has 60 valence electrons. The first-order valence-corrected chi connectivity index (χ1v) is 4.20. The maximum atomic E-state index is 5.52. The molecule has 0 spiro atoms. The van der Waals surface area contributed by atoms with Crippen LogP contribution in [0.25, 0.3) is 0 Å². The molecule has 0 N–H and O–H groups in total. The van der Waals surface area contributed by atoms with Gasteiger partial charge in [-0.25, -0.2) is 0 Å². The average molecular weight is 143 g/mol. The zero-order valence-corrected chi connectivity index (χ0v) is 6.97. The number of ether oxygens (including phenoxy) is 1. The van der Waals surface area contributed by atoms with Crippen LogP contribution in [-0.2, 0) is 4.74 Å². The van der Waals surface area contributed by atoms with Crippen molar-refractivity contribution in [3.8, 4) is 0 Å². The highest BCUT2D eigenvalue weighted by Gasteiger charge is 2.24. The molecule has 1 aliphatic heterocycles. The van der Waals surface area contributed by atoms with Crippen LogP contribution in [-0.4, -0.2) is 37.2 Å². The third kappa shape index (κ3) is 1.96. The summed E-state index contributed by atoms with van der Waals surface area (Å²) in [6.07, 6.45) is 1.68. The molecule has 0 aromatic heterocycles. The Morgan fingerprint density at radius 3 is 2.60 bits per heavy atom. The fraction of sp³-hybridized carbons (Fsp3) is 1.00. The Morgan fingerprint density at radius 2 is 2.10 bits per heavy atom. The quantitative estimate of drug-likeness (QED) is 0.584. The third-order valence-corrected chi connectivity index (χ3v) is 1.93. The summed E-state index contributed by atoms with van der Waals surface area (Å²) in [4.78, 5) is 2.39. The van der Waals surface area contributed by atoms with Gasteiger partial charge in [-0.2, -0.15) is 0 Å². The lowest BCUT2D eigenvalue weighted by molar-refractivity contribution is -0.0516. The Hall–Kier alpha value is -0.0800. The topological polar surface area (TPSA) is 12.5 Å². The first kappa shape index (κ1) is 8.02. The molecule has 1 saturated heterocycles. The van der Waals surface area contributed by atoms with E-state index < -0.39 is 0 Å². The van der Waals surface area contributed by atoms with Crippen LogP contribution in [0, 0.1) is 0 Å². The molecular weight excluding hydrogens is 126 g/mol. The van der Waals surface area contributed by atoms with E-state index in [0.717, 1.165) is 26.1 Å². The maximum Gasteiger partial charge on any atom is 0.0828 e. The molecule has 0 radical (unpaired) electrons. The number of hydrogen-bond acceptors (Lipinski definition) is 2. The van der Waals surface area contributed by atoms with Crippen LogP contribution in [0.5, 0.6) is 0 Å². The number of rotatable bonds is 4. The van der Waals surface area contributed by atoms with Gasteiger partial charge in [0.15, 0.2) is 0 Å². The molecule has 1 aliphatic rings. The second-order valence-electron chi connectivity index (χ2n) is 2.84. The lowest BCUT2D eigenvalue weighted by atomic mass is 10.2. The smallest absolute Gasteiger partial charge is 0.0828 e. The highest BCUT2D eigenvalue weighted by Crippen LogP contribution is 2.10. The summed E-state index contributed by atoms with van der Waals surface area (Å²) in [5.74, 6) is 0. The van der Waals surface area contributed by atoms with E-state index in [2.05, 4.69) is 18.7 Å². The van der Waals surface area contributed by atoms with E-state index in [4.69, 9.17) is 4.74 Å². The van der Waals surface area contributed by atoms with Crippen LogP contribution in [0.3, 0.4) is 0 Å². The standard InChI is InChI=1S/C8H17NO/c1-3-5-10-8-6-9(4-2)7-8/h8H,3-7H2,1-2H3. The van der Waals surface area contributed by atoms with Crippen molar-refractivity contribution in [3.63, 3.8) is 0 Å². The molecule has 0 unspecified atom stereocenters. The van der Waals surface area contributed by atoms with Crippen LogP contribution < -0.4 is 0 Å². The SMILES string of the molecule is CCCOC1CN(CC)C1. The van der Waals surface area contributed by atoms with Crippen molar-refractivity contribution in [2.24, 2.45) is 0 Å². The van der Waals surface area contributed by atoms with Crippen LogP contribution >= 0.6 is 0 Å². The summed E-state index contributed by atoms with van der Waals surface area (Å²) < 4.78 is 5.52. The molecule has 1 heterocycles. The van der Waals surface area contributed by atoms with Gasteiger partial charge in [0.1, 0.15) is 0 Å². The molecule has 10 heavy (non-hydrogen) atoms. The van der Waals surface area contributed by atoms with E-state index in [1.165, 1.54) is 6.54 Å². The molecule has 0 bridgehead atoms. The second-order valence-corrected chi connectivity index (χ2v) is 2.84. The highest BCUT2D eigenvalue weighted by atomic mass is 16.5. The molecule has 0 amide bonds. The van der Waals surface area contributed by atoms with Crippen molar-refractivity contribution in [3.05, 3.63) is 0 Å². The van der Waals surface area contributed by atoms with Gasteiger partial charge in [0.05, 0.1) is 6.10 Å². The Bertz CT molecular complexity index is 86.5. The molecule has 0 aromatic rings. The van der Waals surface area contributed by atoms with Gasteiger partial charge >= 0.3 is 0 Å². The minimum atomic E-state index is 0.542. The molecule has 1 fully saturated rings. The van der Waals surface area contributed by atoms with Gasteiger partial charge in [-0.15, -0.1) is 0 Å². The number of likely N-dealkylation sites (tertiary alicyclic amines) is 1. The minimum Gasteiger partial charge on any atom is -0.376 e. The van der Waals surface area contributed by atoms with Crippen LogP contribution in [0.2, 0.25) is 0 Å². The number of likely N-dealkylation sites (N-methyl/N-ethyl adjacent to an activating group) is 1. The Morgan fingerprint density at radius 1 is 1.40 bits per heavy atom. The zero-order chi connectivity index (χ0) is 7.40. The number of hydrogen-bond donors (Lipinski definition) is 0. The summed E-state index contributed by atoms with van der Waals surface area (Å²) in [6, 6.07) is 0. The second kappa shape index (κ2) is 3.94. The molecular formula is C8H17NO. The van der Waals surface area contributed by atoms with E-state index in [1.54, 1.807) is 0 Å². The average Bonchev–Trinajstić information content (AvgIpc) is 1.86. The van der Waals surface area contributed by atoms with Crippen molar-refractivity contribution in [2.45, 2.75) is 26.4 Å². The van der Waals surface area contributed by atoms with Crippen molar-refractivity contribution in [1.82, 2.24) is 4.90 Å². The van der Waals surface area contributed by atoms with E-state index in [0.29, 0.717) is 6.10 Å². The minimum absolute atomic E-state index is 0.542. The molecule has 0 aliphatic carbocycles. The highest BCUT2D eigenvalue weighted by molar-refractivity contribution is 4.78. The molecule has 2 nitrogen and oxygen atoms in total. The van der Waals surface area contributed by atoms with Gasteiger partial charge in [0, 0.05) is 19.7 Å². The molecule has 1 rings (SSSR count). The van der Waals surface area contributed by atoms with Crippen LogP contribution in [0.4, 0.5) is 0 Å². The predicted molar refractivity (Wildman–Crippen MR) is 42.1 cm³/mol. The Labute approximate surface area is 63.2 Å². The molecule has 0 saturated carbocycles. The van der Waals surface area contributed by atoms with Gasteiger partial charge in [0.25, 0.3) is 0 Å². The first-order chi connectivity index (χ1) is 4.86. The molecule has 0 atom stereocenters. The van der Waals surface area contributed by atoms with Gasteiger partial charge in [-0.3, -0.25) is 4.90 Å². The van der Waals surface area contributed by atoms with Crippen molar-refractivity contribution in [1.29, 1.82) is 0 Å². The largest absolute Gasteiger partial charge is 0.376 e. The van der Waals surface area contributed by atoms with Gasteiger partial charge in [0.2, 0.25) is 0 Å². The van der Waals surface area contributed by atoms with Crippen molar-refractivity contribution in [2.75, 3.05) is 26.2 Å². The van der Waals surface area contributed by atoms with Gasteiger partial charge in [-0.05, 0) is 13.0 Å². The summed E-state index contributed by atoms with van der Waals surface area (Å²) in [5.41, 5.74) is 0. The summed E-state index contributed by atoms with van der Waals surface area (Å²) in [7, 11) is 0. The lowest BCUT2D eigenvalue weighted by Gasteiger charge is -2.38. The summed E-state index contributed by atoms with van der Waals surface area (Å²) >= 11 is 0. The fourth-order valence-electron chi connectivity index (χ4n) is 1.17. The van der Waals surface area contributed by atoms with Gasteiger partial charge < -0.3 is 4.74 Å². The van der Waals surface area contributed by atoms with Gasteiger partial charge in [-0.1, -0.05) is 13.8 Å². The monoisotopic (exact) mass is 143 g/mol. The first-order valence-electron chi connectivity index (χ1n) is 4.20. The van der Waals surface area contributed by atoms with E-state index in [-0.39, 0.29) is 0 Å². The van der Waals surface area contributed by atoms with E-state index >= 15 is 0 Å². The zero-order valence-electron chi connectivity index (χ0n) is 6.97. The van der Waals surface area contributed by atoms with Crippen LogP contribution in [0.1, 0.15) is 20.3 Å². The fourth-order valence-corrected chi connectivity index (χ4v) is 1.17. The predicted octanol–water partition coefficient (Wildman–Crippen LogP) is 1.12. The summed E-state index contributed by atoms with van der Waals surface area (Å²) in [5, 5.41) is 0. The normalized spacial score (nSPS) is 21.0. The van der Waals surface area contributed by atoms with E-state index in [9.17, 15) is 0 Å². The van der Waals surface area contributed by atoms with Crippen molar-refractivity contribution >= 4 is 0 Å². The van der Waals surface area contributed by atoms with Crippen LogP contribution in [0.15, 0.2) is 0 Å². The van der Waals surface area contributed by atoms with Crippen molar-refractivity contribution < 1.29 is 4.74 Å². The third-order valence-electron chi connectivity index (χ3n) is 1.93. The number of nitrogens with zero attached hydrogens (tertiary/aromatic N) is 1. The van der Waals surface area contributed by atoms with E-state index in [1.807, 2.05) is 0 Å².